The zero-order valence-corrected chi connectivity index (χ0v) is 21.3. The van der Waals surface area contributed by atoms with Gasteiger partial charge in [-0.05, 0) is 86.8 Å². The van der Waals surface area contributed by atoms with Crippen LogP contribution in [0.1, 0.15) is 16.7 Å². The van der Waals surface area contributed by atoms with Crippen LogP contribution in [0, 0.1) is 6.92 Å². The van der Waals surface area contributed by atoms with Crippen molar-refractivity contribution in [3.8, 4) is 0 Å². The highest BCUT2D eigenvalue weighted by molar-refractivity contribution is 6.24. The molecule has 0 aliphatic rings. The fraction of sp³-hybridized carbons (Fsp3) is 0.0270. The second-order valence-corrected chi connectivity index (χ2v) is 9.94. The first-order valence-corrected chi connectivity index (χ1v) is 13.1. The third kappa shape index (κ3) is 3.90. The number of para-hydroxylation sites is 1. The molecule has 7 aromatic rings. The first-order valence-electron chi connectivity index (χ1n) is 13.1. The predicted molar refractivity (Wildman–Crippen MR) is 165 cm³/mol. The fourth-order valence-electron chi connectivity index (χ4n) is 5.54. The Morgan fingerprint density at radius 1 is 0.447 bits per heavy atom. The van der Waals surface area contributed by atoms with Crippen LogP contribution < -0.4 is 4.90 Å². The van der Waals surface area contributed by atoms with E-state index in [2.05, 4.69) is 157 Å². The molecular weight excluding hydrogens is 458 g/mol. The van der Waals surface area contributed by atoms with Crippen molar-refractivity contribution in [3.63, 3.8) is 0 Å². The zero-order valence-electron chi connectivity index (χ0n) is 21.3. The first-order chi connectivity index (χ1) is 18.7. The molecule has 0 aliphatic heterocycles. The van der Waals surface area contributed by atoms with Crippen molar-refractivity contribution >= 4 is 61.5 Å². The van der Waals surface area contributed by atoms with E-state index in [0.29, 0.717) is 0 Å². The van der Waals surface area contributed by atoms with Crippen LogP contribution in [0.2, 0.25) is 0 Å². The predicted octanol–water partition coefficient (Wildman–Crippen LogP) is 10.5. The van der Waals surface area contributed by atoms with E-state index in [4.69, 9.17) is 0 Å². The molecule has 0 bridgehead atoms. The maximum atomic E-state index is 2.30. The molecular formula is C37H27N. The Morgan fingerprint density at radius 3 is 1.74 bits per heavy atom. The number of hydrogen-bond acceptors (Lipinski definition) is 1. The smallest absolute Gasteiger partial charge is 0.0462 e. The standard InChI is InChI=1S/C37H27N/c1-26-10-21-33(22-11-26)38(32-8-3-2-4-9-32)34-23-13-27(14-24-34)12-15-28-16-17-31-19-18-29-6-5-7-30-20-25-35(28)37(31)36(29)30/h2-25H,1H3. The van der Waals surface area contributed by atoms with Gasteiger partial charge >= 0.3 is 0 Å². The Bertz CT molecular complexity index is 1880. The van der Waals surface area contributed by atoms with Gasteiger partial charge in [0.25, 0.3) is 0 Å². The third-order valence-corrected chi connectivity index (χ3v) is 7.48. The van der Waals surface area contributed by atoms with E-state index in [1.54, 1.807) is 0 Å². The van der Waals surface area contributed by atoms with Gasteiger partial charge in [-0.3, -0.25) is 0 Å². The number of aryl methyl sites for hydroxylation is 1. The molecule has 0 heterocycles. The van der Waals surface area contributed by atoms with Crippen LogP contribution in [-0.2, 0) is 0 Å². The lowest BCUT2D eigenvalue weighted by molar-refractivity contribution is 1.27. The molecule has 0 unspecified atom stereocenters. The first kappa shape index (κ1) is 22.3. The second-order valence-electron chi connectivity index (χ2n) is 9.94. The van der Waals surface area contributed by atoms with Gasteiger partial charge in [-0.1, -0.05) is 115 Å². The maximum absolute atomic E-state index is 2.30. The average molecular weight is 486 g/mol. The van der Waals surface area contributed by atoms with Crippen LogP contribution in [0.3, 0.4) is 0 Å². The van der Waals surface area contributed by atoms with E-state index < -0.39 is 0 Å². The quantitative estimate of drug-likeness (QED) is 0.173. The number of rotatable bonds is 5. The average Bonchev–Trinajstić information content (AvgIpc) is 2.97. The second kappa shape index (κ2) is 9.21. The molecule has 7 rings (SSSR count). The minimum atomic E-state index is 1.14. The van der Waals surface area contributed by atoms with Crippen molar-refractivity contribution in [2.75, 3.05) is 4.90 Å². The Balaban J connectivity index is 1.25. The Morgan fingerprint density at radius 2 is 1.03 bits per heavy atom. The summed E-state index contributed by atoms with van der Waals surface area (Å²) in [4.78, 5) is 2.30. The van der Waals surface area contributed by atoms with E-state index in [1.165, 1.54) is 49.0 Å². The topological polar surface area (TPSA) is 3.24 Å². The highest BCUT2D eigenvalue weighted by Gasteiger charge is 2.12. The van der Waals surface area contributed by atoms with Gasteiger partial charge in [-0.25, -0.2) is 0 Å². The summed E-state index contributed by atoms with van der Waals surface area (Å²) in [5, 5.41) is 7.91. The lowest BCUT2D eigenvalue weighted by Crippen LogP contribution is -2.09. The van der Waals surface area contributed by atoms with Gasteiger partial charge in [-0.15, -0.1) is 0 Å². The summed E-state index contributed by atoms with van der Waals surface area (Å²) in [5.41, 5.74) is 7.11. The molecule has 7 aromatic carbocycles. The van der Waals surface area contributed by atoms with Crippen molar-refractivity contribution in [2.45, 2.75) is 6.92 Å². The molecule has 1 nitrogen and oxygen atoms in total. The van der Waals surface area contributed by atoms with Gasteiger partial charge in [0.05, 0.1) is 0 Å². The van der Waals surface area contributed by atoms with E-state index >= 15 is 0 Å². The number of hydrogen-bond donors (Lipinski definition) is 0. The minimum Gasteiger partial charge on any atom is -0.311 e. The van der Waals surface area contributed by atoms with Crippen molar-refractivity contribution in [1.82, 2.24) is 0 Å². The molecule has 38 heavy (non-hydrogen) atoms. The molecule has 0 fully saturated rings. The lowest BCUT2D eigenvalue weighted by Gasteiger charge is -2.25. The lowest BCUT2D eigenvalue weighted by atomic mass is 9.92. The molecule has 0 spiro atoms. The van der Waals surface area contributed by atoms with Gasteiger partial charge in [0.15, 0.2) is 0 Å². The summed E-state index contributed by atoms with van der Waals surface area (Å²) in [7, 11) is 0. The van der Waals surface area contributed by atoms with Gasteiger partial charge in [0.2, 0.25) is 0 Å². The molecule has 0 N–H and O–H groups in total. The summed E-state index contributed by atoms with van der Waals surface area (Å²) < 4.78 is 0. The number of nitrogens with zero attached hydrogens (tertiary/aromatic N) is 1. The molecule has 0 atom stereocenters. The molecule has 0 aliphatic carbocycles. The van der Waals surface area contributed by atoms with E-state index in [1.807, 2.05) is 0 Å². The molecule has 0 amide bonds. The van der Waals surface area contributed by atoms with Gasteiger partial charge in [0, 0.05) is 17.1 Å². The van der Waals surface area contributed by atoms with E-state index in [9.17, 15) is 0 Å². The van der Waals surface area contributed by atoms with E-state index in [0.717, 1.165) is 17.1 Å². The van der Waals surface area contributed by atoms with Crippen LogP contribution in [0.15, 0.2) is 133 Å². The molecule has 1 heteroatoms. The van der Waals surface area contributed by atoms with Gasteiger partial charge in [-0.2, -0.15) is 0 Å². The third-order valence-electron chi connectivity index (χ3n) is 7.48. The van der Waals surface area contributed by atoms with Crippen LogP contribution in [0.5, 0.6) is 0 Å². The van der Waals surface area contributed by atoms with Crippen molar-refractivity contribution in [3.05, 3.63) is 150 Å². The minimum absolute atomic E-state index is 1.14. The fourth-order valence-corrected chi connectivity index (χ4v) is 5.54. The van der Waals surface area contributed by atoms with Crippen LogP contribution in [0.4, 0.5) is 17.1 Å². The largest absolute Gasteiger partial charge is 0.311 e. The number of anilines is 3. The molecule has 0 aromatic heterocycles. The van der Waals surface area contributed by atoms with Crippen molar-refractivity contribution in [2.24, 2.45) is 0 Å². The normalized spacial score (nSPS) is 11.7. The molecule has 0 saturated heterocycles. The Hall–Kier alpha value is -4.88. The summed E-state index contributed by atoms with van der Waals surface area (Å²) in [6, 6.07) is 48.1. The maximum Gasteiger partial charge on any atom is 0.0462 e. The zero-order chi connectivity index (χ0) is 25.5. The highest BCUT2D eigenvalue weighted by atomic mass is 15.1. The Kier molecular flexibility index (Phi) is 5.41. The molecule has 180 valence electrons. The van der Waals surface area contributed by atoms with E-state index in [-0.39, 0.29) is 0 Å². The summed E-state index contributed by atoms with van der Waals surface area (Å²) in [6.45, 7) is 2.12. The van der Waals surface area contributed by atoms with Crippen LogP contribution >= 0.6 is 0 Å². The summed E-state index contributed by atoms with van der Waals surface area (Å²) in [6.07, 6.45) is 4.46. The van der Waals surface area contributed by atoms with Crippen molar-refractivity contribution in [1.29, 1.82) is 0 Å². The SMILES string of the molecule is Cc1ccc(N(c2ccccc2)c2ccc(C=Cc3ccc4ccc5cccc6ccc3c4c56)cc2)cc1. The molecule has 0 saturated carbocycles. The summed E-state index contributed by atoms with van der Waals surface area (Å²) in [5.74, 6) is 0. The van der Waals surface area contributed by atoms with Crippen LogP contribution in [0.25, 0.3) is 44.5 Å². The van der Waals surface area contributed by atoms with Gasteiger partial charge in [0.1, 0.15) is 0 Å². The Labute approximate surface area is 223 Å². The molecule has 0 radical (unpaired) electrons. The monoisotopic (exact) mass is 485 g/mol. The number of benzene rings is 7. The highest BCUT2D eigenvalue weighted by Crippen LogP contribution is 2.37. The summed E-state index contributed by atoms with van der Waals surface area (Å²) >= 11 is 0. The van der Waals surface area contributed by atoms with Crippen molar-refractivity contribution < 1.29 is 0 Å². The van der Waals surface area contributed by atoms with Crippen LogP contribution in [-0.4, -0.2) is 0 Å². The van der Waals surface area contributed by atoms with Gasteiger partial charge < -0.3 is 4.90 Å².